The maximum Gasteiger partial charge on any atom is 0.236 e. The molecule has 0 bridgehead atoms. The number of methoxy groups -OCH3 is 1. The Morgan fingerprint density at radius 1 is 1.21 bits per heavy atom. The van der Waals surface area contributed by atoms with Crippen molar-refractivity contribution in [3.05, 3.63) is 47.7 Å². The van der Waals surface area contributed by atoms with Crippen LogP contribution in [0.2, 0.25) is 0 Å². The first-order chi connectivity index (χ1) is 14.2. The quantitative estimate of drug-likeness (QED) is 0.747. The zero-order chi connectivity index (χ0) is 20.1. The molecule has 1 atom stereocenters. The normalized spacial score (nSPS) is 20.6. The largest absolute Gasteiger partial charge is 0.497 e. The smallest absolute Gasteiger partial charge is 0.236 e. The number of ether oxygens (including phenoxy) is 1. The fourth-order valence-corrected chi connectivity index (χ4v) is 4.39. The number of nitrogens with zero attached hydrogens (tertiary/aromatic N) is 3. The van der Waals surface area contributed by atoms with Gasteiger partial charge in [0.15, 0.2) is 5.89 Å². The zero-order valence-corrected chi connectivity index (χ0v) is 17.3. The summed E-state index contributed by atoms with van der Waals surface area (Å²) in [6, 6.07) is 8.00. The average Bonchev–Trinajstić information content (AvgIpc) is 3.23. The lowest BCUT2D eigenvalue weighted by Gasteiger charge is -2.34. The summed E-state index contributed by atoms with van der Waals surface area (Å²) in [5.74, 6) is 2.90. The van der Waals surface area contributed by atoms with Gasteiger partial charge in [0, 0.05) is 19.5 Å². The van der Waals surface area contributed by atoms with E-state index >= 15 is 0 Å². The second-order valence-electron chi connectivity index (χ2n) is 8.21. The van der Waals surface area contributed by atoms with Crippen LogP contribution in [-0.4, -0.2) is 60.5 Å². The molecule has 1 amide bonds. The van der Waals surface area contributed by atoms with E-state index in [2.05, 4.69) is 16.0 Å². The molecule has 156 valence electrons. The first kappa shape index (κ1) is 20.0. The number of hydrogen-bond donors (Lipinski definition) is 0. The highest BCUT2D eigenvalue weighted by molar-refractivity contribution is 5.78. The molecule has 2 aromatic rings. The van der Waals surface area contributed by atoms with Crippen LogP contribution in [0.5, 0.6) is 5.75 Å². The number of carbonyl (C=O) groups excluding carboxylic acids is 1. The van der Waals surface area contributed by atoms with Crippen LogP contribution in [0.15, 0.2) is 34.9 Å². The van der Waals surface area contributed by atoms with E-state index in [4.69, 9.17) is 9.15 Å². The molecule has 0 unspecified atom stereocenters. The van der Waals surface area contributed by atoms with E-state index in [1.165, 1.54) is 19.3 Å². The molecule has 2 aliphatic rings. The number of piperidine rings is 2. The number of hydrogen-bond acceptors (Lipinski definition) is 5. The van der Waals surface area contributed by atoms with Crippen LogP contribution in [0.25, 0.3) is 0 Å². The fraction of sp³-hybridized carbons (Fsp3) is 0.565. The molecule has 6 heteroatoms. The number of likely N-dealkylation sites (tertiary alicyclic amines) is 2. The number of carbonyl (C=O) groups is 1. The standard InChI is InChI=1S/C23H31N3O3/c1-28-20-9-5-7-18(13-20)14-21-15-24-23(29-21)19-8-6-12-26(16-19)22(27)17-25-10-3-2-4-11-25/h5,7,9,13,15,19H,2-4,6,8,10-12,14,16-17H2,1H3/t19-/m1/s1. The third-order valence-electron chi connectivity index (χ3n) is 6.01. The Kier molecular flexibility index (Phi) is 6.49. The van der Waals surface area contributed by atoms with Gasteiger partial charge in [-0.25, -0.2) is 4.98 Å². The molecular formula is C23H31N3O3. The second kappa shape index (κ2) is 9.44. The van der Waals surface area contributed by atoms with Gasteiger partial charge in [-0.05, 0) is 56.5 Å². The van der Waals surface area contributed by atoms with Gasteiger partial charge in [0.05, 0.1) is 25.8 Å². The summed E-state index contributed by atoms with van der Waals surface area (Å²) in [5, 5.41) is 0. The van der Waals surface area contributed by atoms with E-state index in [1.807, 2.05) is 29.3 Å². The minimum absolute atomic E-state index is 0.188. The Labute approximate surface area is 172 Å². The van der Waals surface area contributed by atoms with Crippen LogP contribution < -0.4 is 4.74 Å². The topological polar surface area (TPSA) is 58.8 Å². The van der Waals surface area contributed by atoms with Gasteiger partial charge in [-0.15, -0.1) is 0 Å². The molecule has 2 saturated heterocycles. The van der Waals surface area contributed by atoms with Gasteiger partial charge in [-0.3, -0.25) is 9.69 Å². The van der Waals surface area contributed by atoms with Crippen molar-refractivity contribution in [3.63, 3.8) is 0 Å². The molecule has 0 saturated carbocycles. The maximum atomic E-state index is 12.8. The van der Waals surface area contributed by atoms with E-state index in [1.54, 1.807) is 7.11 Å². The van der Waals surface area contributed by atoms with Crippen LogP contribution in [0.4, 0.5) is 0 Å². The molecule has 29 heavy (non-hydrogen) atoms. The van der Waals surface area contributed by atoms with Crippen molar-refractivity contribution in [3.8, 4) is 5.75 Å². The van der Waals surface area contributed by atoms with Crippen molar-refractivity contribution in [2.45, 2.75) is 44.4 Å². The summed E-state index contributed by atoms with van der Waals surface area (Å²) >= 11 is 0. The lowest BCUT2D eigenvalue weighted by atomic mass is 9.98. The minimum Gasteiger partial charge on any atom is -0.497 e. The molecule has 1 aromatic carbocycles. The maximum absolute atomic E-state index is 12.8. The SMILES string of the molecule is COc1cccc(Cc2cnc([C@@H]3CCCN(C(=O)CN4CCCCC4)C3)o2)c1. The van der Waals surface area contributed by atoms with Crippen molar-refractivity contribution in [2.75, 3.05) is 39.8 Å². The van der Waals surface area contributed by atoms with Crippen molar-refractivity contribution in [1.29, 1.82) is 0 Å². The van der Waals surface area contributed by atoms with Gasteiger partial charge in [-0.2, -0.15) is 0 Å². The summed E-state index contributed by atoms with van der Waals surface area (Å²) in [6.07, 6.45) is 8.25. The molecule has 0 N–H and O–H groups in total. The van der Waals surface area contributed by atoms with Crippen LogP contribution >= 0.6 is 0 Å². The highest BCUT2D eigenvalue weighted by Crippen LogP contribution is 2.28. The van der Waals surface area contributed by atoms with Gasteiger partial charge in [0.2, 0.25) is 5.91 Å². The summed E-state index contributed by atoms with van der Waals surface area (Å²) < 4.78 is 11.4. The number of rotatable bonds is 6. The lowest BCUT2D eigenvalue weighted by molar-refractivity contribution is -0.134. The summed E-state index contributed by atoms with van der Waals surface area (Å²) in [6.45, 7) is 4.22. The number of aromatic nitrogens is 1. The molecule has 6 nitrogen and oxygen atoms in total. The van der Waals surface area contributed by atoms with Gasteiger partial charge < -0.3 is 14.1 Å². The zero-order valence-electron chi connectivity index (χ0n) is 17.3. The highest BCUT2D eigenvalue weighted by atomic mass is 16.5. The molecule has 0 radical (unpaired) electrons. The summed E-state index contributed by atoms with van der Waals surface area (Å²) in [5.41, 5.74) is 1.13. The Balaban J connectivity index is 1.35. The Morgan fingerprint density at radius 2 is 2.07 bits per heavy atom. The highest BCUT2D eigenvalue weighted by Gasteiger charge is 2.28. The molecule has 4 rings (SSSR count). The van der Waals surface area contributed by atoms with Gasteiger partial charge in [-0.1, -0.05) is 18.6 Å². The van der Waals surface area contributed by atoms with Gasteiger partial charge in [0.1, 0.15) is 11.5 Å². The van der Waals surface area contributed by atoms with Crippen molar-refractivity contribution < 1.29 is 13.9 Å². The van der Waals surface area contributed by atoms with E-state index < -0.39 is 0 Å². The third kappa shape index (κ3) is 5.18. The predicted octanol–water partition coefficient (Wildman–Crippen LogP) is 3.47. The van der Waals surface area contributed by atoms with Crippen LogP contribution in [0.1, 0.15) is 55.2 Å². The molecule has 2 aliphatic heterocycles. The van der Waals surface area contributed by atoms with Crippen molar-refractivity contribution >= 4 is 5.91 Å². The summed E-state index contributed by atoms with van der Waals surface area (Å²) in [7, 11) is 1.67. The summed E-state index contributed by atoms with van der Waals surface area (Å²) in [4.78, 5) is 21.6. The van der Waals surface area contributed by atoms with Crippen molar-refractivity contribution in [2.24, 2.45) is 0 Å². The lowest BCUT2D eigenvalue weighted by Crippen LogP contribution is -2.45. The fourth-order valence-electron chi connectivity index (χ4n) is 4.39. The van der Waals surface area contributed by atoms with E-state index in [9.17, 15) is 4.79 Å². The number of amides is 1. The second-order valence-corrected chi connectivity index (χ2v) is 8.21. The minimum atomic E-state index is 0.188. The van der Waals surface area contributed by atoms with E-state index in [0.29, 0.717) is 19.5 Å². The Bertz CT molecular complexity index is 813. The molecule has 0 spiro atoms. The van der Waals surface area contributed by atoms with Gasteiger partial charge in [0.25, 0.3) is 0 Å². The molecule has 3 heterocycles. The molecule has 1 aromatic heterocycles. The monoisotopic (exact) mass is 397 g/mol. The molecule has 0 aliphatic carbocycles. The molecular weight excluding hydrogens is 366 g/mol. The first-order valence-electron chi connectivity index (χ1n) is 10.8. The number of benzene rings is 1. The van der Waals surface area contributed by atoms with Crippen LogP contribution in [-0.2, 0) is 11.2 Å². The average molecular weight is 398 g/mol. The van der Waals surface area contributed by atoms with Crippen LogP contribution in [0.3, 0.4) is 0 Å². The van der Waals surface area contributed by atoms with E-state index in [-0.39, 0.29) is 11.8 Å². The van der Waals surface area contributed by atoms with Crippen molar-refractivity contribution in [1.82, 2.24) is 14.8 Å². The molecule has 2 fully saturated rings. The Hall–Kier alpha value is -2.34. The number of oxazole rings is 1. The predicted molar refractivity (Wildman–Crippen MR) is 111 cm³/mol. The first-order valence-corrected chi connectivity index (χ1v) is 10.8. The van der Waals surface area contributed by atoms with E-state index in [0.717, 1.165) is 55.4 Å². The Morgan fingerprint density at radius 3 is 2.90 bits per heavy atom. The van der Waals surface area contributed by atoms with Gasteiger partial charge >= 0.3 is 0 Å². The van der Waals surface area contributed by atoms with Crippen LogP contribution in [0, 0.1) is 0 Å². The third-order valence-corrected chi connectivity index (χ3v) is 6.01.